The molecule has 32 heavy (non-hydrogen) atoms. The molecular weight excluding hydrogens is 400 g/mol. The van der Waals surface area contributed by atoms with Gasteiger partial charge in [-0.3, -0.25) is 9.59 Å². The van der Waals surface area contributed by atoms with E-state index < -0.39 is 5.92 Å². The van der Waals surface area contributed by atoms with Crippen molar-refractivity contribution < 1.29 is 9.59 Å². The van der Waals surface area contributed by atoms with Gasteiger partial charge in [0.05, 0.1) is 17.9 Å². The van der Waals surface area contributed by atoms with Gasteiger partial charge in [-0.15, -0.1) is 0 Å². The van der Waals surface area contributed by atoms with Crippen LogP contribution in [0.3, 0.4) is 0 Å². The maximum atomic E-state index is 13.1. The molecule has 2 N–H and O–H groups in total. The first-order valence-corrected chi connectivity index (χ1v) is 11.2. The molecule has 0 bridgehead atoms. The Morgan fingerprint density at radius 1 is 1.09 bits per heavy atom. The number of hydrogen-bond donors (Lipinski definition) is 2. The zero-order valence-electron chi connectivity index (χ0n) is 18.3. The highest BCUT2D eigenvalue weighted by Gasteiger charge is 2.33. The topological polar surface area (TPSA) is 86.9 Å². The van der Waals surface area contributed by atoms with Crippen molar-refractivity contribution in [3.05, 3.63) is 71.9 Å². The van der Waals surface area contributed by atoms with E-state index in [1.165, 1.54) is 0 Å². The number of nitrogens with zero attached hydrogens (tertiary/aromatic N) is 2. The zero-order chi connectivity index (χ0) is 22.5. The molecule has 3 aromatic rings. The van der Waals surface area contributed by atoms with E-state index in [4.69, 9.17) is 0 Å². The third-order valence-electron chi connectivity index (χ3n) is 6.44. The van der Waals surface area contributed by atoms with Crippen LogP contribution in [0.15, 0.2) is 60.7 Å². The Labute approximate surface area is 188 Å². The summed E-state index contributed by atoms with van der Waals surface area (Å²) in [6, 6.07) is 21.3. The molecule has 1 aromatic heterocycles. The Morgan fingerprint density at radius 3 is 2.56 bits per heavy atom. The summed E-state index contributed by atoms with van der Waals surface area (Å²) >= 11 is 0. The molecule has 6 nitrogen and oxygen atoms in total. The smallest absolute Gasteiger partial charge is 0.268 e. The number of amides is 2. The maximum Gasteiger partial charge on any atom is 0.268 e. The summed E-state index contributed by atoms with van der Waals surface area (Å²) in [6.07, 6.45) is 3.44. The lowest BCUT2D eigenvalue weighted by molar-refractivity contribution is -0.126. The molecule has 3 atom stereocenters. The number of aryl methyl sites for hydroxylation is 1. The zero-order valence-corrected chi connectivity index (χ0v) is 18.3. The second-order valence-electron chi connectivity index (χ2n) is 8.46. The summed E-state index contributed by atoms with van der Waals surface area (Å²) in [5.74, 6) is -0.944. The third-order valence-corrected chi connectivity index (χ3v) is 6.44. The Balaban J connectivity index is 1.43. The molecule has 2 aromatic carbocycles. The van der Waals surface area contributed by atoms with Crippen LogP contribution in [-0.2, 0) is 11.8 Å². The van der Waals surface area contributed by atoms with E-state index in [1.54, 1.807) is 0 Å². The molecule has 2 amide bonds. The van der Waals surface area contributed by atoms with Crippen molar-refractivity contribution in [2.75, 3.05) is 6.54 Å². The highest BCUT2D eigenvalue weighted by molar-refractivity contribution is 5.99. The number of rotatable bonds is 6. The molecule has 0 radical (unpaired) electrons. The number of hydrogen-bond acceptors (Lipinski definition) is 3. The van der Waals surface area contributed by atoms with Gasteiger partial charge < -0.3 is 15.2 Å². The molecule has 0 spiro atoms. The Kier molecular flexibility index (Phi) is 6.55. The normalized spacial score (nSPS) is 19.1. The summed E-state index contributed by atoms with van der Waals surface area (Å²) < 4.78 is 1.89. The molecule has 164 valence electrons. The second kappa shape index (κ2) is 9.69. The van der Waals surface area contributed by atoms with Gasteiger partial charge in [0, 0.05) is 30.5 Å². The van der Waals surface area contributed by atoms with Crippen LogP contribution in [0, 0.1) is 17.2 Å². The molecular formula is C26H28N4O2. The van der Waals surface area contributed by atoms with Crippen molar-refractivity contribution in [2.45, 2.75) is 37.6 Å². The van der Waals surface area contributed by atoms with Gasteiger partial charge in [-0.1, -0.05) is 61.4 Å². The summed E-state index contributed by atoms with van der Waals surface area (Å²) in [6.45, 7) is 0.264. The van der Waals surface area contributed by atoms with E-state index in [9.17, 15) is 14.9 Å². The number of carbonyl (C=O) groups is 2. The van der Waals surface area contributed by atoms with E-state index in [-0.39, 0.29) is 30.3 Å². The predicted molar refractivity (Wildman–Crippen MR) is 124 cm³/mol. The van der Waals surface area contributed by atoms with Crippen molar-refractivity contribution in [1.29, 1.82) is 5.26 Å². The van der Waals surface area contributed by atoms with Crippen molar-refractivity contribution in [3.63, 3.8) is 0 Å². The maximum absolute atomic E-state index is 13.1. The lowest BCUT2D eigenvalue weighted by Gasteiger charge is -2.31. The lowest BCUT2D eigenvalue weighted by atomic mass is 9.83. The number of nitriles is 1. The minimum absolute atomic E-state index is 0.0942. The molecule has 0 unspecified atom stereocenters. The average Bonchev–Trinajstić information content (AvgIpc) is 3.17. The average molecular weight is 429 g/mol. The van der Waals surface area contributed by atoms with E-state index in [1.807, 2.05) is 72.3 Å². The summed E-state index contributed by atoms with van der Waals surface area (Å²) in [4.78, 5) is 26.1. The van der Waals surface area contributed by atoms with Gasteiger partial charge >= 0.3 is 0 Å². The van der Waals surface area contributed by atoms with Crippen LogP contribution < -0.4 is 10.6 Å². The largest absolute Gasteiger partial charge is 0.354 e. The SMILES string of the molecule is Cn1c(C(=O)N[C@H]2CCCC[C@H]2C(=O)NC[C@@H](C#N)c2ccccc2)cc2ccccc21. The molecule has 1 heterocycles. The Morgan fingerprint density at radius 2 is 1.81 bits per heavy atom. The number of aromatic nitrogens is 1. The molecule has 1 fully saturated rings. The van der Waals surface area contributed by atoms with Crippen molar-refractivity contribution >= 4 is 22.7 Å². The summed E-state index contributed by atoms with van der Waals surface area (Å²) in [5.41, 5.74) is 2.48. The van der Waals surface area contributed by atoms with Gasteiger partial charge in [-0.05, 0) is 30.5 Å². The van der Waals surface area contributed by atoms with E-state index >= 15 is 0 Å². The van der Waals surface area contributed by atoms with E-state index in [0.717, 1.165) is 42.1 Å². The first-order chi connectivity index (χ1) is 15.6. The van der Waals surface area contributed by atoms with Crippen molar-refractivity contribution in [3.8, 4) is 6.07 Å². The Hall–Kier alpha value is -3.59. The van der Waals surface area contributed by atoms with Gasteiger partial charge in [0.1, 0.15) is 5.69 Å². The van der Waals surface area contributed by atoms with E-state index in [0.29, 0.717) is 5.69 Å². The van der Waals surface area contributed by atoms with E-state index in [2.05, 4.69) is 16.7 Å². The fourth-order valence-corrected chi connectivity index (χ4v) is 4.62. The Bertz CT molecular complexity index is 1150. The van der Waals surface area contributed by atoms with Crippen LogP contribution >= 0.6 is 0 Å². The minimum atomic E-state index is -0.396. The molecule has 0 aliphatic heterocycles. The summed E-state index contributed by atoms with van der Waals surface area (Å²) in [5, 5.41) is 16.6. The molecule has 6 heteroatoms. The molecule has 1 saturated carbocycles. The highest BCUT2D eigenvalue weighted by atomic mass is 16.2. The third kappa shape index (κ3) is 4.52. The van der Waals surface area contributed by atoms with Crippen LogP contribution in [0.5, 0.6) is 0 Å². The van der Waals surface area contributed by atoms with Gasteiger partial charge in [0.25, 0.3) is 5.91 Å². The summed E-state index contributed by atoms with van der Waals surface area (Å²) in [7, 11) is 1.88. The lowest BCUT2D eigenvalue weighted by Crippen LogP contribution is -2.49. The molecule has 4 rings (SSSR count). The van der Waals surface area contributed by atoms with Crippen LogP contribution in [0.25, 0.3) is 10.9 Å². The van der Waals surface area contributed by atoms with Crippen molar-refractivity contribution in [1.82, 2.24) is 15.2 Å². The van der Waals surface area contributed by atoms with Crippen molar-refractivity contribution in [2.24, 2.45) is 13.0 Å². The second-order valence-corrected chi connectivity index (χ2v) is 8.46. The number of nitrogens with one attached hydrogen (secondary N) is 2. The number of para-hydroxylation sites is 1. The number of fused-ring (bicyclic) bond motifs is 1. The quantitative estimate of drug-likeness (QED) is 0.624. The first-order valence-electron chi connectivity index (χ1n) is 11.2. The predicted octanol–water partition coefficient (Wildman–Crippen LogP) is 3.89. The van der Waals surface area contributed by atoms with Gasteiger partial charge in [-0.2, -0.15) is 5.26 Å². The van der Waals surface area contributed by atoms with Crippen LogP contribution in [0.1, 0.15) is 47.7 Å². The molecule has 0 saturated heterocycles. The van der Waals surface area contributed by atoms with Crippen LogP contribution in [0.4, 0.5) is 0 Å². The standard InChI is InChI=1S/C26H28N4O2/c1-30-23-14-8-5-11-19(23)15-24(30)26(32)29-22-13-7-6-12-21(22)25(31)28-17-20(16-27)18-9-3-2-4-10-18/h2-5,8-11,14-15,20-22H,6-7,12-13,17H2,1H3,(H,28,31)(H,29,32)/t20-,21-,22+/m1/s1. The minimum Gasteiger partial charge on any atom is -0.354 e. The fourth-order valence-electron chi connectivity index (χ4n) is 4.62. The monoisotopic (exact) mass is 428 g/mol. The molecule has 1 aliphatic rings. The van der Waals surface area contributed by atoms with Crippen LogP contribution in [0.2, 0.25) is 0 Å². The van der Waals surface area contributed by atoms with Gasteiger partial charge in [0.2, 0.25) is 5.91 Å². The molecule has 1 aliphatic carbocycles. The number of benzene rings is 2. The van der Waals surface area contributed by atoms with Gasteiger partial charge in [0.15, 0.2) is 0 Å². The van der Waals surface area contributed by atoms with Crippen LogP contribution in [-0.4, -0.2) is 29.0 Å². The first kappa shape index (κ1) is 21.6. The van der Waals surface area contributed by atoms with Gasteiger partial charge in [-0.25, -0.2) is 0 Å². The fraction of sp³-hybridized carbons (Fsp3) is 0.346. The number of carbonyl (C=O) groups excluding carboxylic acids is 2. The highest BCUT2D eigenvalue weighted by Crippen LogP contribution is 2.26.